The Balaban J connectivity index is 0.00000324. The third-order valence-electron chi connectivity index (χ3n) is 3.41. The molecule has 1 atom stereocenters. The molecule has 0 aliphatic carbocycles. The van der Waals surface area contributed by atoms with Crippen molar-refractivity contribution in [1.29, 1.82) is 0 Å². The standard InChI is InChI=1S/C13H24N2O3.ClH/c1-13(2,12(17)18-3)9-15-11(16)5-4-10-6-7-14-8-10;/h10,14H,4-9H2,1-3H3,(H,15,16);1H. The molecule has 112 valence electrons. The summed E-state index contributed by atoms with van der Waals surface area (Å²) in [5.41, 5.74) is -0.667. The van der Waals surface area contributed by atoms with Crippen molar-refractivity contribution in [2.24, 2.45) is 11.3 Å². The van der Waals surface area contributed by atoms with Crippen molar-refractivity contribution in [3.8, 4) is 0 Å². The van der Waals surface area contributed by atoms with Crippen LogP contribution in [0.25, 0.3) is 0 Å². The summed E-state index contributed by atoms with van der Waals surface area (Å²) in [5, 5.41) is 6.08. The first-order valence-electron chi connectivity index (χ1n) is 6.51. The highest BCUT2D eigenvalue weighted by atomic mass is 35.5. The molecule has 0 radical (unpaired) electrons. The molecule has 1 amide bonds. The maximum Gasteiger partial charge on any atom is 0.313 e. The van der Waals surface area contributed by atoms with Crippen LogP contribution in [0.3, 0.4) is 0 Å². The zero-order chi connectivity index (χ0) is 13.6. The molecular formula is C13H25ClN2O3. The highest BCUT2D eigenvalue weighted by molar-refractivity contribution is 5.85. The molecular weight excluding hydrogens is 268 g/mol. The van der Waals surface area contributed by atoms with Crippen LogP contribution in [0.5, 0.6) is 0 Å². The van der Waals surface area contributed by atoms with Crippen molar-refractivity contribution >= 4 is 24.3 Å². The lowest BCUT2D eigenvalue weighted by atomic mass is 9.93. The van der Waals surface area contributed by atoms with Crippen LogP contribution in [0.1, 0.15) is 33.1 Å². The van der Waals surface area contributed by atoms with E-state index in [0.717, 1.165) is 25.9 Å². The number of ether oxygens (including phenoxy) is 1. The van der Waals surface area contributed by atoms with Gasteiger partial charge in [-0.2, -0.15) is 0 Å². The molecule has 1 unspecified atom stereocenters. The van der Waals surface area contributed by atoms with Crippen LogP contribution >= 0.6 is 12.4 Å². The average molecular weight is 293 g/mol. The van der Waals surface area contributed by atoms with Crippen LogP contribution in [-0.2, 0) is 14.3 Å². The lowest BCUT2D eigenvalue weighted by molar-refractivity contribution is -0.150. The van der Waals surface area contributed by atoms with Gasteiger partial charge in [0.05, 0.1) is 12.5 Å². The summed E-state index contributed by atoms with van der Waals surface area (Å²) in [6.07, 6.45) is 2.60. The SMILES string of the molecule is COC(=O)C(C)(C)CNC(=O)CCC1CCNC1.Cl. The van der Waals surface area contributed by atoms with Crippen molar-refractivity contribution in [1.82, 2.24) is 10.6 Å². The number of amides is 1. The molecule has 0 bridgehead atoms. The highest BCUT2D eigenvalue weighted by Crippen LogP contribution is 2.16. The van der Waals surface area contributed by atoms with Crippen molar-refractivity contribution in [2.75, 3.05) is 26.7 Å². The van der Waals surface area contributed by atoms with Crippen molar-refractivity contribution in [3.63, 3.8) is 0 Å². The van der Waals surface area contributed by atoms with Crippen molar-refractivity contribution in [3.05, 3.63) is 0 Å². The van der Waals surface area contributed by atoms with Gasteiger partial charge >= 0.3 is 5.97 Å². The Morgan fingerprint density at radius 3 is 2.63 bits per heavy atom. The largest absolute Gasteiger partial charge is 0.469 e. The fourth-order valence-electron chi connectivity index (χ4n) is 2.05. The minimum Gasteiger partial charge on any atom is -0.469 e. The monoisotopic (exact) mass is 292 g/mol. The fourth-order valence-corrected chi connectivity index (χ4v) is 2.05. The summed E-state index contributed by atoms with van der Waals surface area (Å²) in [4.78, 5) is 23.1. The highest BCUT2D eigenvalue weighted by Gasteiger charge is 2.29. The van der Waals surface area contributed by atoms with Gasteiger partial charge in [0, 0.05) is 13.0 Å². The maximum absolute atomic E-state index is 11.7. The number of rotatable bonds is 6. The van der Waals surface area contributed by atoms with E-state index < -0.39 is 5.41 Å². The molecule has 0 saturated carbocycles. The molecule has 1 heterocycles. The Kier molecular flexibility index (Phi) is 8.02. The number of halogens is 1. The minimum absolute atomic E-state index is 0. The van der Waals surface area contributed by atoms with Crippen LogP contribution in [0.15, 0.2) is 0 Å². The van der Waals surface area contributed by atoms with E-state index in [9.17, 15) is 9.59 Å². The first-order chi connectivity index (χ1) is 8.45. The number of hydrogen-bond acceptors (Lipinski definition) is 4. The Morgan fingerprint density at radius 2 is 2.11 bits per heavy atom. The molecule has 0 aromatic heterocycles. The topological polar surface area (TPSA) is 67.4 Å². The van der Waals surface area contributed by atoms with Gasteiger partial charge in [-0.1, -0.05) is 0 Å². The van der Waals surface area contributed by atoms with Crippen LogP contribution in [0.2, 0.25) is 0 Å². The van der Waals surface area contributed by atoms with Crippen LogP contribution < -0.4 is 10.6 Å². The van der Waals surface area contributed by atoms with E-state index in [-0.39, 0.29) is 24.3 Å². The van der Waals surface area contributed by atoms with E-state index in [1.165, 1.54) is 7.11 Å². The molecule has 0 aromatic rings. The fraction of sp³-hybridized carbons (Fsp3) is 0.846. The predicted molar refractivity (Wildman–Crippen MR) is 76.3 cm³/mol. The van der Waals surface area contributed by atoms with Gasteiger partial charge in [0.2, 0.25) is 5.91 Å². The van der Waals surface area contributed by atoms with Gasteiger partial charge < -0.3 is 15.4 Å². The van der Waals surface area contributed by atoms with Crippen LogP contribution in [0.4, 0.5) is 0 Å². The second-order valence-electron chi connectivity index (χ2n) is 5.55. The zero-order valence-corrected chi connectivity index (χ0v) is 12.8. The minimum atomic E-state index is -0.667. The second-order valence-corrected chi connectivity index (χ2v) is 5.55. The Hall–Kier alpha value is -0.810. The van der Waals surface area contributed by atoms with E-state index in [1.54, 1.807) is 13.8 Å². The summed E-state index contributed by atoms with van der Waals surface area (Å²) in [6.45, 7) is 5.92. The van der Waals surface area contributed by atoms with E-state index in [1.807, 2.05) is 0 Å². The molecule has 0 spiro atoms. The quantitative estimate of drug-likeness (QED) is 0.720. The number of esters is 1. The number of carbonyl (C=O) groups excluding carboxylic acids is 2. The zero-order valence-electron chi connectivity index (χ0n) is 12.0. The first-order valence-corrected chi connectivity index (χ1v) is 6.51. The van der Waals surface area contributed by atoms with Gasteiger partial charge in [-0.05, 0) is 45.7 Å². The lowest BCUT2D eigenvalue weighted by Crippen LogP contribution is -2.39. The Morgan fingerprint density at radius 1 is 1.42 bits per heavy atom. The normalized spacial score (nSPS) is 18.6. The van der Waals surface area contributed by atoms with Crippen LogP contribution in [0, 0.1) is 11.3 Å². The summed E-state index contributed by atoms with van der Waals surface area (Å²) >= 11 is 0. The summed E-state index contributed by atoms with van der Waals surface area (Å²) in [7, 11) is 1.36. The summed E-state index contributed by atoms with van der Waals surface area (Å²) in [5.74, 6) is 0.325. The van der Waals surface area contributed by atoms with Crippen LogP contribution in [-0.4, -0.2) is 38.6 Å². The molecule has 1 saturated heterocycles. The van der Waals surface area contributed by atoms with E-state index >= 15 is 0 Å². The number of methoxy groups -OCH3 is 1. The molecule has 6 heteroatoms. The van der Waals surface area contributed by atoms with Gasteiger partial charge in [-0.25, -0.2) is 0 Å². The van der Waals surface area contributed by atoms with E-state index in [4.69, 9.17) is 4.74 Å². The van der Waals surface area contributed by atoms with Gasteiger partial charge in [0.15, 0.2) is 0 Å². The number of nitrogens with one attached hydrogen (secondary N) is 2. The van der Waals surface area contributed by atoms with Gasteiger partial charge in [-0.15, -0.1) is 12.4 Å². The van der Waals surface area contributed by atoms with E-state index in [0.29, 0.717) is 18.9 Å². The molecule has 1 aliphatic heterocycles. The third kappa shape index (κ3) is 6.25. The lowest BCUT2D eigenvalue weighted by Gasteiger charge is -2.21. The maximum atomic E-state index is 11.7. The molecule has 5 nitrogen and oxygen atoms in total. The number of hydrogen-bond donors (Lipinski definition) is 2. The molecule has 2 N–H and O–H groups in total. The molecule has 1 aliphatic rings. The smallest absolute Gasteiger partial charge is 0.313 e. The van der Waals surface area contributed by atoms with Gasteiger partial charge in [0.25, 0.3) is 0 Å². The Bertz CT molecular complexity index is 302. The Labute approximate surface area is 121 Å². The second kappa shape index (κ2) is 8.38. The molecule has 0 aromatic carbocycles. The molecule has 1 rings (SSSR count). The summed E-state index contributed by atoms with van der Waals surface area (Å²) in [6, 6.07) is 0. The third-order valence-corrected chi connectivity index (χ3v) is 3.41. The van der Waals surface area contributed by atoms with Crippen molar-refractivity contribution < 1.29 is 14.3 Å². The molecule has 19 heavy (non-hydrogen) atoms. The average Bonchev–Trinajstić information content (AvgIpc) is 2.86. The predicted octanol–water partition coefficient (Wildman–Crippen LogP) is 1.11. The molecule has 1 fully saturated rings. The van der Waals surface area contributed by atoms with Crippen molar-refractivity contribution in [2.45, 2.75) is 33.1 Å². The van der Waals surface area contributed by atoms with Gasteiger partial charge in [-0.3, -0.25) is 9.59 Å². The van der Waals surface area contributed by atoms with E-state index in [2.05, 4.69) is 10.6 Å². The number of carbonyl (C=O) groups is 2. The van der Waals surface area contributed by atoms with Gasteiger partial charge in [0.1, 0.15) is 0 Å². The first kappa shape index (κ1) is 18.2. The summed E-state index contributed by atoms with van der Waals surface area (Å²) < 4.78 is 4.69.